The van der Waals surface area contributed by atoms with Gasteiger partial charge in [0.25, 0.3) is 0 Å². The molecule has 0 spiro atoms. The summed E-state index contributed by atoms with van der Waals surface area (Å²) in [6.45, 7) is 1.41. The third-order valence-electron chi connectivity index (χ3n) is 3.09. The van der Waals surface area contributed by atoms with Gasteiger partial charge in [-0.2, -0.15) is 13.2 Å². The first-order valence-corrected chi connectivity index (χ1v) is 6.76. The van der Waals surface area contributed by atoms with Gasteiger partial charge in [0, 0.05) is 13.1 Å². The van der Waals surface area contributed by atoms with Crippen molar-refractivity contribution in [1.82, 2.24) is 15.6 Å². The fourth-order valence-corrected chi connectivity index (χ4v) is 2.25. The Morgan fingerprint density at radius 2 is 1.68 bits per heavy atom. The Hall–Kier alpha value is -2.29. The maximum atomic E-state index is 12.2. The Labute approximate surface area is 125 Å². The Kier molecular flexibility index (Phi) is 4.86. The SMILES string of the molecule is N=C(NC(=N)N(c1ccccc1)N1CCCC1)NC(F)(F)F. The molecule has 0 bridgehead atoms. The monoisotopic (exact) mass is 314 g/mol. The molecule has 0 aliphatic carbocycles. The molecule has 1 aromatic rings. The molecule has 1 saturated heterocycles. The number of nitrogens with one attached hydrogen (secondary N) is 4. The Morgan fingerprint density at radius 1 is 1.09 bits per heavy atom. The van der Waals surface area contributed by atoms with Crippen LogP contribution in [0.2, 0.25) is 0 Å². The fourth-order valence-electron chi connectivity index (χ4n) is 2.25. The standard InChI is InChI=1S/C13H17F3N6/c14-13(15,16)20-11(17)19-12(18)22(21-8-4-5-9-21)10-6-2-1-3-7-10/h1-3,6-7H,4-5,8-9H2,(H4,17,18,19,20). The van der Waals surface area contributed by atoms with Gasteiger partial charge in [0.2, 0.25) is 11.9 Å². The summed E-state index contributed by atoms with van der Waals surface area (Å²) in [5, 5.41) is 21.8. The van der Waals surface area contributed by atoms with Crippen molar-refractivity contribution in [2.24, 2.45) is 0 Å². The highest BCUT2D eigenvalue weighted by molar-refractivity contribution is 6.03. The van der Waals surface area contributed by atoms with Crippen molar-refractivity contribution in [3.8, 4) is 0 Å². The minimum Gasteiger partial charge on any atom is -0.296 e. The molecule has 22 heavy (non-hydrogen) atoms. The van der Waals surface area contributed by atoms with E-state index in [9.17, 15) is 13.2 Å². The molecule has 0 saturated carbocycles. The van der Waals surface area contributed by atoms with E-state index in [2.05, 4.69) is 5.32 Å². The van der Waals surface area contributed by atoms with Gasteiger partial charge in [0.05, 0.1) is 5.69 Å². The summed E-state index contributed by atoms with van der Waals surface area (Å²) < 4.78 is 36.6. The maximum Gasteiger partial charge on any atom is 0.484 e. The van der Waals surface area contributed by atoms with Crippen LogP contribution in [-0.2, 0) is 0 Å². The van der Waals surface area contributed by atoms with Crippen LogP contribution in [0.4, 0.5) is 18.9 Å². The van der Waals surface area contributed by atoms with Crippen LogP contribution in [0, 0.1) is 10.8 Å². The van der Waals surface area contributed by atoms with Crippen molar-refractivity contribution < 1.29 is 13.2 Å². The number of rotatable bonds is 2. The van der Waals surface area contributed by atoms with Gasteiger partial charge < -0.3 is 0 Å². The van der Waals surface area contributed by atoms with Crippen molar-refractivity contribution >= 4 is 17.6 Å². The van der Waals surface area contributed by atoms with E-state index in [1.165, 1.54) is 5.01 Å². The van der Waals surface area contributed by atoms with E-state index in [1.54, 1.807) is 24.3 Å². The number of para-hydroxylation sites is 1. The molecule has 1 fully saturated rings. The van der Waals surface area contributed by atoms with Crippen LogP contribution >= 0.6 is 0 Å². The molecule has 1 heterocycles. The van der Waals surface area contributed by atoms with Crippen molar-refractivity contribution in [1.29, 1.82) is 10.8 Å². The minimum absolute atomic E-state index is 0.310. The summed E-state index contributed by atoms with van der Waals surface area (Å²) in [6, 6.07) is 8.90. The third kappa shape index (κ3) is 4.35. The highest BCUT2D eigenvalue weighted by Crippen LogP contribution is 2.20. The molecular formula is C13H17F3N6. The topological polar surface area (TPSA) is 78.2 Å². The Bertz CT molecular complexity index is 524. The van der Waals surface area contributed by atoms with Crippen LogP contribution in [0.3, 0.4) is 0 Å². The molecule has 1 aromatic carbocycles. The van der Waals surface area contributed by atoms with Crippen LogP contribution in [0.25, 0.3) is 0 Å². The van der Waals surface area contributed by atoms with Crippen molar-refractivity contribution in [2.45, 2.75) is 19.1 Å². The van der Waals surface area contributed by atoms with Crippen LogP contribution in [-0.4, -0.2) is 36.3 Å². The van der Waals surface area contributed by atoms with Crippen molar-refractivity contribution in [3.05, 3.63) is 30.3 Å². The van der Waals surface area contributed by atoms with Crippen LogP contribution < -0.4 is 15.6 Å². The van der Waals surface area contributed by atoms with E-state index >= 15 is 0 Å². The molecule has 0 atom stereocenters. The molecule has 4 N–H and O–H groups in total. The van der Waals surface area contributed by atoms with Crippen molar-refractivity contribution in [3.63, 3.8) is 0 Å². The number of nitrogens with zero attached hydrogens (tertiary/aromatic N) is 2. The summed E-state index contributed by atoms with van der Waals surface area (Å²) in [7, 11) is 0. The highest BCUT2D eigenvalue weighted by atomic mass is 19.4. The smallest absolute Gasteiger partial charge is 0.296 e. The third-order valence-corrected chi connectivity index (χ3v) is 3.09. The average molecular weight is 314 g/mol. The second-order valence-electron chi connectivity index (χ2n) is 4.78. The predicted octanol–water partition coefficient (Wildman–Crippen LogP) is 2.07. The molecule has 6 nitrogen and oxygen atoms in total. The van der Waals surface area contributed by atoms with Gasteiger partial charge >= 0.3 is 6.30 Å². The molecule has 9 heteroatoms. The zero-order valence-electron chi connectivity index (χ0n) is 11.7. The molecule has 0 unspecified atom stereocenters. The van der Waals surface area contributed by atoms with Crippen molar-refractivity contribution in [2.75, 3.05) is 18.1 Å². The number of alkyl halides is 3. The van der Waals surface area contributed by atoms with Gasteiger partial charge in [-0.15, -0.1) is 0 Å². The first kappa shape index (κ1) is 16.1. The van der Waals surface area contributed by atoms with E-state index < -0.39 is 12.3 Å². The molecule has 0 radical (unpaired) electrons. The van der Waals surface area contributed by atoms with E-state index in [0.29, 0.717) is 18.8 Å². The second-order valence-corrected chi connectivity index (χ2v) is 4.78. The van der Waals surface area contributed by atoms with Gasteiger partial charge in [0.1, 0.15) is 0 Å². The number of hydrogen-bond donors (Lipinski definition) is 4. The van der Waals surface area contributed by atoms with Gasteiger partial charge in [-0.1, -0.05) is 18.2 Å². The summed E-state index contributed by atoms with van der Waals surface area (Å²) in [4.78, 5) is 0. The van der Waals surface area contributed by atoms with E-state index in [1.807, 2.05) is 11.1 Å². The lowest BCUT2D eigenvalue weighted by atomic mass is 10.3. The zero-order chi connectivity index (χ0) is 16.2. The quantitative estimate of drug-likeness (QED) is 0.383. The second kappa shape index (κ2) is 6.65. The first-order chi connectivity index (χ1) is 10.4. The fraction of sp³-hybridized carbons (Fsp3) is 0.385. The van der Waals surface area contributed by atoms with Gasteiger partial charge in [0.15, 0.2) is 0 Å². The lowest BCUT2D eigenvalue weighted by molar-refractivity contribution is -0.142. The number of benzene rings is 1. The zero-order valence-corrected chi connectivity index (χ0v) is 11.7. The number of guanidine groups is 2. The highest BCUT2D eigenvalue weighted by Gasteiger charge is 2.30. The molecule has 1 aliphatic rings. The van der Waals surface area contributed by atoms with Crippen LogP contribution in [0.15, 0.2) is 30.3 Å². The number of halogens is 3. The lowest BCUT2D eigenvalue weighted by Crippen LogP contribution is -2.55. The normalized spacial score (nSPS) is 15.4. The van der Waals surface area contributed by atoms with Gasteiger partial charge in [-0.25, -0.2) is 10.0 Å². The minimum atomic E-state index is -4.71. The summed E-state index contributed by atoms with van der Waals surface area (Å²) in [5.74, 6) is -1.30. The Balaban J connectivity index is 2.11. The molecule has 0 aromatic heterocycles. The average Bonchev–Trinajstić information content (AvgIpc) is 2.91. The molecule has 0 amide bonds. The van der Waals surface area contributed by atoms with Gasteiger partial charge in [-0.05, 0) is 25.0 Å². The molecule has 1 aliphatic heterocycles. The summed E-state index contributed by atoms with van der Waals surface area (Å²) in [5.41, 5.74) is 0.654. The number of hydrogen-bond acceptors (Lipinski definition) is 3. The molecule has 2 rings (SSSR count). The molecule has 120 valence electrons. The predicted molar refractivity (Wildman–Crippen MR) is 77.5 cm³/mol. The number of hydrazine groups is 1. The van der Waals surface area contributed by atoms with E-state index in [4.69, 9.17) is 10.8 Å². The van der Waals surface area contributed by atoms with E-state index in [0.717, 1.165) is 18.2 Å². The van der Waals surface area contributed by atoms with Crippen LogP contribution in [0.5, 0.6) is 0 Å². The number of anilines is 1. The summed E-state index contributed by atoms with van der Waals surface area (Å²) in [6.07, 6.45) is -2.81. The summed E-state index contributed by atoms with van der Waals surface area (Å²) >= 11 is 0. The first-order valence-electron chi connectivity index (χ1n) is 6.76. The van der Waals surface area contributed by atoms with Gasteiger partial charge in [-0.3, -0.25) is 21.5 Å². The van der Waals surface area contributed by atoms with E-state index in [-0.39, 0.29) is 5.96 Å². The lowest BCUT2D eigenvalue weighted by Gasteiger charge is -2.33. The van der Waals surface area contributed by atoms with Crippen LogP contribution in [0.1, 0.15) is 12.8 Å². The largest absolute Gasteiger partial charge is 0.484 e. The maximum absolute atomic E-state index is 12.2. The molecular weight excluding hydrogens is 297 g/mol. The Morgan fingerprint density at radius 3 is 2.23 bits per heavy atom.